The third kappa shape index (κ3) is 6.13. The summed E-state index contributed by atoms with van der Waals surface area (Å²) in [6.07, 6.45) is 1.83. The summed E-state index contributed by atoms with van der Waals surface area (Å²) < 4.78 is 1.93. The van der Waals surface area contributed by atoms with Gasteiger partial charge in [0.25, 0.3) is 0 Å². The maximum absolute atomic E-state index is 5.15. The van der Waals surface area contributed by atoms with Gasteiger partial charge < -0.3 is 0 Å². The Morgan fingerprint density at radius 2 is 1.36 bits per heavy atom. The molecule has 0 aliphatic carbocycles. The standard InChI is InChI=1S/C29H24N4.2ClH.Fe/c1-21-12-11-13-22(2)28(21)31-29(23-14-5-3-6-15-23)33-27-19-10-9-18-25(27)26(32-33)20-30-24-16-7-4-8-17-24;;;/h3-20H,1-2H3;2*1H;/q;;;+2/p-2. The molecule has 0 unspecified atom stereocenters. The zero-order valence-corrected chi connectivity index (χ0v) is 22.4. The number of aryl methyl sites for hydroxylation is 2. The molecule has 5 aromatic rings. The second kappa shape index (κ2) is 12.7. The average Bonchev–Trinajstić information content (AvgIpc) is 3.27. The first-order valence-corrected chi connectivity index (χ1v) is 14.3. The molecule has 182 valence electrons. The van der Waals surface area contributed by atoms with E-state index in [9.17, 15) is 0 Å². The van der Waals surface area contributed by atoms with Crippen LogP contribution < -0.4 is 0 Å². The fourth-order valence-electron chi connectivity index (χ4n) is 3.91. The molecule has 0 aliphatic rings. The quantitative estimate of drug-likeness (QED) is 0.125. The molecule has 0 radical (unpaired) electrons. The van der Waals surface area contributed by atoms with Crippen molar-refractivity contribution in [3.63, 3.8) is 0 Å². The third-order valence-corrected chi connectivity index (χ3v) is 5.60. The van der Waals surface area contributed by atoms with Gasteiger partial charge in [-0.05, 0) is 43.2 Å². The SMILES string of the molecule is Cc1cccc(C)c1N=C(c1ccccc1)n1nc(C=Nc2ccccc2)c2ccccc21.[Cl][Fe][Cl]. The van der Waals surface area contributed by atoms with E-state index < -0.39 is 0 Å². The predicted octanol–water partition coefficient (Wildman–Crippen LogP) is 8.41. The van der Waals surface area contributed by atoms with Gasteiger partial charge in [-0.3, -0.25) is 4.99 Å². The number of hydrogen-bond acceptors (Lipinski definition) is 3. The molecule has 1 heterocycles. The molecule has 0 aliphatic heterocycles. The zero-order chi connectivity index (χ0) is 25.3. The predicted molar refractivity (Wildman–Crippen MR) is 149 cm³/mol. The van der Waals surface area contributed by atoms with Crippen molar-refractivity contribution in [2.75, 3.05) is 0 Å². The van der Waals surface area contributed by atoms with Crippen LogP contribution >= 0.6 is 20.2 Å². The van der Waals surface area contributed by atoms with Crippen molar-refractivity contribution in [2.45, 2.75) is 13.8 Å². The first-order chi connectivity index (χ1) is 17.6. The first kappa shape index (κ1) is 25.9. The van der Waals surface area contributed by atoms with E-state index >= 15 is 0 Å². The monoisotopic (exact) mass is 554 g/mol. The van der Waals surface area contributed by atoms with Gasteiger partial charge in [-0.15, -0.1) is 0 Å². The topological polar surface area (TPSA) is 42.5 Å². The normalized spacial score (nSPS) is 11.6. The van der Waals surface area contributed by atoms with Gasteiger partial charge in [-0.25, -0.2) is 9.67 Å². The van der Waals surface area contributed by atoms with E-state index in [0.29, 0.717) is 0 Å². The number of hydrogen-bond donors (Lipinski definition) is 0. The van der Waals surface area contributed by atoms with Crippen LogP contribution in [0.25, 0.3) is 10.9 Å². The Hall–Kier alpha value is -3.21. The van der Waals surface area contributed by atoms with Crippen molar-refractivity contribution in [1.82, 2.24) is 9.78 Å². The number of benzene rings is 4. The van der Waals surface area contributed by atoms with E-state index in [1.54, 1.807) is 0 Å². The molecule has 0 saturated heterocycles. The summed E-state index contributed by atoms with van der Waals surface area (Å²) >= 11 is 0.194. The van der Waals surface area contributed by atoms with Crippen LogP contribution in [0.4, 0.5) is 11.4 Å². The first-order valence-electron chi connectivity index (χ1n) is 11.2. The van der Waals surface area contributed by atoms with Crippen molar-refractivity contribution in [2.24, 2.45) is 9.98 Å². The number of halogens is 2. The van der Waals surface area contributed by atoms with Crippen LogP contribution in [-0.2, 0) is 13.1 Å². The third-order valence-electron chi connectivity index (χ3n) is 5.60. The van der Waals surface area contributed by atoms with Crippen molar-refractivity contribution < 1.29 is 13.1 Å². The summed E-state index contributed by atoms with van der Waals surface area (Å²) in [6, 6.07) is 34.6. The van der Waals surface area contributed by atoms with Crippen LogP contribution in [0.15, 0.2) is 113 Å². The van der Waals surface area contributed by atoms with Crippen LogP contribution in [0.2, 0.25) is 0 Å². The summed E-state index contributed by atoms with van der Waals surface area (Å²) in [4.78, 5) is 9.80. The molecule has 0 fully saturated rings. The molecular formula is C29H24Cl2FeN4. The van der Waals surface area contributed by atoms with Gasteiger partial charge in [-0.1, -0.05) is 84.9 Å². The van der Waals surface area contributed by atoms with E-state index in [1.165, 1.54) is 0 Å². The molecule has 4 aromatic carbocycles. The van der Waals surface area contributed by atoms with Gasteiger partial charge >= 0.3 is 33.3 Å². The molecule has 0 saturated carbocycles. The second-order valence-corrected chi connectivity index (χ2v) is 9.82. The molecule has 1 aromatic heterocycles. The Morgan fingerprint density at radius 1 is 0.778 bits per heavy atom. The fourth-order valence-corrected chi connectivity index (χ4v) is 3.91. The van der Waals surface area contributed by atoms with Crippen LogP contribution in [0.5, 0.6) is 0 Å². The van der Waals surface area contributed by atoms with E-state index in [1.807, 2.05) is 71.6 Å². The number of aliphatic imine (C=N–C) groups is 2. The van der Waals surface area contributed by atoms with Gasteiger partial charge in [0.1, 0.15) is 5.69 Å². The summed E-state index contributed by atoms with van der Waals surface area (Å²) in [5, 5.41) is 6.00. The molecule has 0 bridgehead atoms. The molecule has 7 heteroatoms. The summed E-state index contributed by atoms with van der Waals surface area (Å²) in [7, 11) is 9.53. The van der Waals surface area contributed by atoms with E-state index in [2.05, 4.69) is 61.3 Å². The number of fused-ring (bicyclic) bond motifs is 1. The molecule has 36 heavy (non-hydrogen) atoms. The molecule has 0 N–H and O–H groups in total. The van der Waals surface area contributed by atoms with E-state index in [-0.39, 0.29) is 13.1 Å². The Labute approximate surface area is 225 Å². The van der Waals surface area contributed by atoms with Crippen LogP contribution in [-0.4, -0.2) is 21.8 Å². The summed E-state index contributed by atoms with van der Waals surface area (Å²) in [5.41, 5.74) is 6.91. The summed E-state index contributed by atoms with van der Waals surface area (Å²) in [5.74, 6) is 0.781. The number of aromatic nitrogens is 2. The Bertz CT molecular complexity index is 1480. The van der Waals surface area contributed by atoms with Crippen molar-refractivity contribution >= 4 is 54.5 Å². The van der Waals surface area contributed by atoms with Crippen molar-refractivity contribution in [1.29, 1.82) is 0 Å². The van der Waals surface area contributed by atoms with Crippen LogP contribution in [0.1, 0.15) is 22.4 Å². The van der Waals surface area contributed by atoms with Gasteiger partial charge in [-0.2, -0.15) is 5.10 Å². The molecule has 0 spiro atoms. The minimum absolute atomic E-state index is 0.194. The summed E-state index contributed by atoms with van der Waals surface area (Å²) in [6.45, 7) is 4.18. The number of nitrogens with zero attached hydrogens (tertiary/aromatic N) is 4. The van der Waals surface area contributed by atoms with E-state index in [4.69, 9.17) is 30.3 Å². The van der Waals surface area contributed by atoms with Crippen LogP contribution in [0, 0.1) is 13.8 Å². The van der Waals surface area contributed by atoms with Crippen LogP contribution in [0.3, 0.4) is 0 Å². The Balaban J connectivity index is 0.000000967. The van der Waals surface area contributed by atoms with Gasteiger partial charge in [0.05, 0.1) is 23.1 Å². The molecular weight excluding hydrogens is 531 g/mol. The maximum atomic E-state index is 5.15. The van der Waals surface area contributed by atoms with Gasteiger partial charge in [0.15, 0.2) is 5.84 Å². The molecule has 4 nitrogen and oxygen atoms in total. The number of rotatable bonds is 4. The average molecular weight is 555 g/mol. The zero-order valence-electron chi connectivity index (χ0n) is 19.8. The fraction of sp³-hybridized carbons (Fsp3) is 0.0690. The van der Waals surface area contributed by atoms with Gasteiger partial charge in [0.2, 0.25) is 0 Å². The van der Waals surface area contributed by atoms with Crippen molar-refractivity contribution in [3.05, 3.63) is 126 Å². The van der Waals surface area contributed by atoms with E-state index in [0.717, 1.165) is 50.5 Å². The molecule has 0 atom stereocenters. The number of para-hydroxylation sites is 3. The Kier molecular flexibility index (Phi) is 9.10. The minimum atomic E-state index is 0.194. The van der Waals surface area contributed by atoms with Crippen molar-refractivity contribution in [3.8, 4) is 0 Å². The molecule has 0 amide bonds. The second-order valence-electron chi connectivity index (χ2n) is 8.00. The Morgan fingerprint density at radius 3 is 2.03 bits per heavy atom. The molecule has 5 rings (SSSR count). The van der Waals surface area contributed by atoms with Gasteiger partial charge in [0, 0.05) is 10.9 Å².